The Morgan fingerprint density at radius 3 is 2.28 bits per heavy atom. The Labute approximate surface area is 212 Å². The lowest BCUT2D eigenvalue weighted by Crippen LogP contribution is -2.53. The van der Waals surface area contributed by atoms with E-state index in [2.05, 4.69) is 5.32 Å². The van der Waals surface area contributed by atoms with Crippen LogP contribution in [-0.2, 0) is 11.3 Å². The SMILES string of the molecule is COc1ccc(-c2cccc3c2CNC3=O)c(OC(C2CCCCCC2)C2(C(=O)O)CCC2)c1OC. The Morgan fingerprint density at radius 1 is 0.944 bits per heavy atom. The zero-order chi connectivity index (χ0) is 25.3. The van der Waals surface area contributed by atoms with Crippen molar-refractivity contribution in [1.29, 1.82) is 0 Å². The van der Waals surface area contributed by atoms with Gasteiger partial charge in [0.05, 0.1) is 14.2 Å². The van der Waals surface area contributed by atoms with Crippen LogP contribution in [0, 0.1) is 11.3 Å². The second kappa shape index (κ2) is 10.0. The molecule has 0 spiro atoms. The fourth-order valence-electron chi connectivity index (χ4n) is 6.31. The van der Waals surface area contributed by atoms with Crippen LogP contribution in [0.5, 0.6) is 17.2 Å². The normalized spacial score (nSPS) is 19.9. The second-order valence-corrected chi connectivity index (χ2v) is 10.3. The predicted molar refractivity (Wildman–Crippen MR) is 136 cm³/mol. The maximum atomic E-state index is 12.7. The standard InChI is InChI=1S/C29H35NO6/c1-34-23-14-13-20(19-11-7-12-21-22(19)17-30-27(21)31)24(25(23)35-2)36-26(18-9-5-3-4-6-10-18)29(28(32)33)15-8-16-29/h7,11-14,18,26H,3-6,8-10,15-17H2,1-2H3,(H,30,31)(H,32,33). The average molecular weight is 494 g/mol. The van der Waals surface area contributed by atoms with Gasteiger partial charge >= 0.3 is 5.97 Å². The highest BCUT2D eigenvalue weighted by atomic mass is 16.5. The number of nitrogens with one attached hydrogen (secondary N) is 1. The van der Waals surface area contributed by atoms with E-state index >= 15 is 0 Å². The molecule has 0 bridgehead atoms. The fraction of sp³-hybridized carbons (Fsp3) is 0.517. The van der Waals surface area contributed by atoms with Crippen molar-refractivity contribution in [3.05, 3.63) is 41.5 Å². The van der Waals surface area contributed by atoms with E-state index in [0.29, 0.717) is 42.2 Å². The number of carboxylic acids is 1. The van der Waals surface area contributed by atoms with Crippen LogP contribution >= 0.6 is 0 Å². The number of hydrogen-bond acceptors (Lipinski definition) is 5. The first-order valence-electron chi connectivity index (χ1n) is 13.1. The molecule has 1 unspecified atom stereocenters. The van der Waals surface area contributed by atoms with Crippen molar-refractivity contribution in [2.45, 2.75) is 70.4 Å². The highest BCUT2D eigenvalue weighted by molar-refractivity contribution is 6.01. The highest BCUT2D eigenvalue weighted by Crippen LogP contribution is 2.53. The van der Waals surface area contributed by atoms with Gasteiger partial charge in [0, 0.05) is 17.7 Å². The molecule has 1 amide bonds. The van der Waals surface area contributed by atoms with E-state index in [1.54, 1.807) is 14.2 Å². The van der Waals surface area contributed by atoms with Crippen LogP contribution in [0.2, 0.25) is 0 Å². The Kier molecular flexibility index (Phi) is 6.82. The summed E-state index contributed by atoms with van der Waals surface area (Å²) in [5, 5.41) is 13.3. The van der Waals surface area contributed by atoms with Crippen molar-refractivity contribution in [1.82, 2.24) is 5.32 Å². The van der Waals surface area contributed by atoms with Crippen LogP contribution in [0.25, 0.3) is 11.1 Å². The third-order valence-corrected chi connectivity index (χ3v) is 8.43. The molecule has 2 N–H and O–H groups in total. The summed E-state index contributed by atoms with van der Waals surface area (Å²) in [6.07, 6.45) is 8.09. The highest BCUT2D eigenvalue weighted by Gasteiger charge is 2.55. The molecule has 2 saturated carbocycles. The molecular weight excluding hydrogens is 458 g/mol. The molecule has 1 aliphatic heterocycles. The molecule has 2 fully saturated rings. The smallest absolute Gasteiger partial charge is 0.313 e. The van der Waals surface area contributed by atoms with E-state index in [0.717, 1.165) is 48.8 Å². The molecule has 1 atom stereocenters. The molecule has 36 heavy (non-hydrogen) atoms. The molecule has 2 aromatic carbocycles. The Balaban J connectivity index is 1.66. The molecule has 7 heteroatoms. The van der Waals surface area contributed by atoms with E-state index in [9.17, 15) is 14.7 Å². The number of rotatable bonds is 8. The van der Waals surface area contributed by atoms with Gasteiger partial charge < -0.3 is 24.6 Å². The van der Waals surface area contributed by atoms with Gasteiger partial charge in [-0.3, -0.25) is 9.59 Å². The number of carboxylic acid groups (broad SMARTS) is 1. The van der Waals surface area contributed by atoms with Crippen LogP contribution in [0.4, 0.5) is 0 Å². The van der Waals surface area contributed by atoms with Crippen molar-refractivity contribution < 1.29 is 28.9 Å². The maximum Gasteiger partial charge on any atom is 0.313 e. The first kappa shape index (κ1) is 24.5. The van der Waals surface area contributed by atoms with E-state index in [4.69, 9.17) is 14.2 Å². The monoisotopic (exact) mass is 493 g/mol. The van der Waals surface area contributed by atoms with Crippen molar-refractivity contribution in [3.8, 4) is 28.4 Å². The summed E-state index contributed by atoms with van der Waals surface area (Å²) in [5.41, 5.74) is 2.30. The third-order valence-electron chi connectivity index (χ3n) is 8.43. The summed E-state index contributed by atoms with van der Waals surface area (Å²) in [5.74, 6) is 0.745. The Morgan fingerprint density at radius 2 is 1.67 bits per heavy atom. The molecule has 0 radical (unpaired) electrons. The summed E-state index contributed by atoms with van der Waals surface area (Å²) in [6.45, 7) is 0.434. The lowest BCUT2D eigenvalue weighted by atomic mass is 9.61. The van der Waals surface area contributed by atoms with E-state index in [1.165, 1.54) is 12.8 Å². The van der Waals surface area contributed by atoms with Gasteiger partial charge in [-0.25, -0.2) is 0 Å². The summed E-state index contributed by atoms with van der Waals surface area (Å²) < 4.78 is 18.4. The van der Waals surface area contributed by atoms with Crippen molar-refractivity contribution in [2.75, 3.05) is 14.2 Å². The fourth-order valence-corrected chi connectivity index (χ4v) is 6.31. The number of ether oxygens (including phenoxy) is 3. The number of methoxy groups -OCH3 is 2. The van der Waals surface area contributed by atoms with Gasteiger partial charge in [-0.15, -0.1) is 0 Å². The van der Waals surface area contributed by atoms with Crippen molar-refractivity contribution in [3.63, 3.8) is 0 Å². The van der Waals surface area contributed by atoms with Crippen LogP contribution < -0.4 is 19.5 Å². The molecule has 1 heterocycles. The number of carbonyl (C=O) groups is 2. The van der Waals surface area contributed by atoms with E-state index in [1.807, 2.05) is 30.3 Å². The van der Waals surface area contributed by atoms with Crippen LogP contribution in [0.15, 0.2) is 30.3 Å². The number of aliphatic carboxylic acids is 1. The Bertz CT molecular complexity index is 1150. The minimum atomic E-state index is -0.906. The minimum absolute atomic E-state index is 0.0922. The van der Waals surface area contributed by atoms with Crippen LogP contribution in [-0.4, -0.2) is 37.3 Å². The quantitative estimate of drug-likeness (QED) is 0.466. The lowest BCUT2D eigenvalue weighted by Gasteiger charge is -2.47. The molecule has 0 saturated heterocycles. The number of hydrogen-bond donors (Lipinski definition) is 2. The Hall–Kier alpha value is -3.22. The summed E-state index contributed by atoms with van der Waals surface area (Å²) >= 11 is 0. The summed E-state index contributed by atoms with van der Waals surface area (Å²) in [7, 11) is 3.16. The zero-order valence-electron chi connectivity index (χ0n) is 21.1. The number of benzene rings is 2. The largest absolute Gasteiger partial charge is 0.493 e. The summed E-state index contributed by atoms with van der Waals surface area (Å²) in [6, 6.07) is 9.43. The summed E-state index contributed by atoms with van der Waals surface area (Å²) in [4.78, 5) is 25.1. The van der Waals surface area contributed by atoms with E-state index < -0.39 is 17.5 Å². The first-order chi connectivity index (χ1) is 17.5. The van der Waals surface area contributed by atoms with Gasteiger partial charge in [0.1, 0.15) is 11.5 Å². The van der Waals surface area contributed by atoms with E-state index in [-0.39, 0.29) is 11.8 Å². The molecule has 2 aliphatic carbocycles. The second-order valence-electron chi connectivity index (χ2n) is 10.3. The van der Waals surface area contributed by atoms with Crippen LogP contribution in [0.1, 0.15) is 73.7 Å². The van der Waals surface area contributed by atoms with Gasteiger partial charge in [-0.05, 0) is 60.9 Å². The number of fused-ring (bicyclic) bond motifs is 1. The first-order valence-corrected chi connectivity index (χ1v) is 13.1. The molecule has 2 aromatic rings. The zero-order valence-corrected chi connectivity index (χ0v) is 21.1. The molecule has 7 nitrogen and oxygen atoms in total. The number of carbonyl (C=O) groups excluding carboxylic acids is 1. The maximum absolute atomic E-state index is 12.7. The minimum Gasteiger partial charge on any atom is -0.493 e. The third kappa shape index (κ3) is 4.08. The average Bonchev–Trinajstić information content (AvgIpc) is 3.05. The van der Waals surface area contributed by atoms with Gasteiger partial charge in [0.2, 0.25) is 5.75 Å². The molecule has 0 aromatic heterocycles. The van der Waals surface area contributed by atoms with Crippen molar-refractivity contribution >= 4 is 11.9 Å². The topological polar surface area (TPSA) is 94.1 Å². The molecular formula is C29H35NO6. The van der Waals surface area contributed by atoms with Crippen LogP contribution in [0.3, 0.4) is 0 Å². The van der Waals surface area contributed by atoms with Gasteiger partial charge in [0.15, 0.2) is 11.5 Å². The number of amides is 1. The lowest BCUT2D eigenvalue weighted by molar-refractivity contribution is -0.167. The molecule has 3 aliphatic rings. The molecule has 192 valence electrons. The van der Waals surface area contributed by atoms with Gasteiger partial charge in [-0.2, -0.15) is 0 Å². The molecule has 5 rings (SSSR count). The van der Waals surface area contributed by atoms with Crippen molar-refractivity contribution in [2.24, 2.45) is 11.3 Å². The predicted octanol–water partition coefficient (Wildman–Crippen LogP) is 5.59. The van der Waals surface area contributed by atoms with Gasteiger partial charge in [0.25, 0.3) is 5.91 Å². The van der Waals surface area contributed by atoms with Gasteiger partial charge in [-0.1, -0.05) is 44.2 Å².